The van der Waals surface area contributed by atoms with Gasteiger partial charge in [-0.25, -0.2) is 17.7 Å². The monoisotopic (exact) mass is 452 g/mol. The van der Waals surface area contributed by atoms with Gasteiger partial charge < -0.3 is 10.3 Å². The molecule has 12 heteroatoms. The first-order chi connectivity index (χ1) is 12.2. The first-order valence-corrected chi connectivity index (χ1v) is 11.5. The fourth-order valence-electron chi connectivity index (χ4n) is 2.26. The molecule has 0 fully saturated rings. The van der Waals surface area contributed by atoms with Crippen molar-refractivity contribution in [3.05, 3.63) is 37.7 Å². The number of rotatable bonds is 6. The summed E-state index contributed by atoms with van der Waals surface area (Å²) in [7, 11) is -1.94. The second-order valence-corrected chi connectivity index (χ2v) is 10.6. The highest BCUT2D eigenvalue weighted by atomic mass is 35.5. The van der Waals surface area contributed by atoms with Crippen molar-refractivity contribution < 1.29 is 13.2 Å². The largest absolute Gasteiger partial charge is 0.349 e. The van der Waals surface area contributed by atoms with Gasteiger partial charge in [-0.2, -0.15) is 0 Å². The molecule has 0 spiro atoms. The number of amides is 1. The van der Waals surface area contributed by atoms with Crippen LogP contribution in [-0.4, -0.2) is 48.4 Å². The number of aromatic nitrogens is 2. The van der Waals surface area contributed by atoms with E-state index in [0.717, 1.165) is 11.0 Å². The Labute approximate surface area is 168 Å². The highest BCUT2D eigenvalue weighted by Crippen LogP contribution is 2.38. The van der Waals surface area contributed by atoms with Crippen LogP contribution in [0.4, 0.5) is 0 Å². The van der Waals surface area contributed by atoms with E-state index in [9.17, 15) is 13.2 Å². The van der Waals surface area contributed by atoms with Crippen molar-refractivity contribution >= 4 is 72.0 Å². The topological polar surface area (TPSA) is 95.2 Å². The summed E-state index contributed by atoms with van der Waals surface area (Å²) in [5.41, 5.74) is 0.916. The number of nitrogens with one attached hydrogen (secondary N) is 2. The lowest BCUT2D eigenvalue weighted by molar-refractivity contribution is 0.0928. The first-order valence-electron chi connectivity index (χ1n) is 7.25. The van der Waals surface area contributed by atoms with Crippen LogP contribution < -0.4 is 5.32 Å². The zero-order valence-electron chi connectivity index (χ0n) is 13.6. The zero-order chi connectivity index (χ0) is 19.1. The number of sulfonamides is 1. The molecule has 0 bridgehead atoms. The summed E-state index contributed by atoms with van der Waals surface area (Å²) in [6.07, 6.45) is 2.71. The summed E-state index contributed by atoms with van der Waals surface area (Å²) in [6.45, 7) is 0.0692. The van der Waals surface area contributed by atoms with Crippen LogP contribution in [0.25, 0.3) is 10.2 Å². The normalized spacial score (nSPS) is 13.4. The number of fused-ring (bicyclic) bond motifs is 1. The number of carbonyl (C=O) groups excluding carboxylic acids is 1. The van der Waals surface area contributed by atoms with E-state index >= 15 is 0 Å². The molecule has 0 radical (unpaired) electrons. The van der Waals surface area contributed by atoms with Gasteiger partial charge >= 0.3 is 0 Å². The second kappa shape index (κ2) is 7.45. The smallest absolute Gasteiger partial charge is 0.268 e. The van der Waals surface area contributed by atoms with Gasteiger partial charge in [0, 0.05) is 25.2 Å². The summed E-state index contributed by atoms with van der Waals surface area (Å²) in [6, 6.07) is 1.08. The maximum atomic E-state index is 12.6. The minimum atomic E-state index is -3.39. The fourth-order valence-corrected chi connectivity index (χ4v) is 4.84. The molecule has 3 heterocycles. The number of likely N-dealkylation sites (N-methyl/N-ethyl adjacent to an activating group) is 1. The average Bonchev–Trinajstić information content (AvgIpc) is 3.26. The van der Waals surface area contributed by atoms with E-state index in [0.29, 0.717) is 25.6 Å². The number of hydrogen-bond acceptors (Lipinski definition) is 6. The summed E-state index contributed by atoms with van der Waals surface area (Å²) in [5.74, 6) is -0.386. The summed E-state index contributed by atoms with van der Waals surface area (Å²) in [4.78, 5) is 19.8. The Balaban J connectivity index is 1.84. The Morgan fingerprint density at radius 2 is 2.19 bits per heavy atom. The number of halogens is 2. The van der Waals surface area contributed by atoms with Gasteiger partial charge in [0.25, 0.3) is 5.91 Å². The van der Waals surface area contributed by atoms with Crippen LogP contribution in [0, 0.1) is 0 Å². The fraction of sp³-hybridized carbons (Fsp3) is 0.286. The van der Waals surface area contributed by atoms with Gasteiger partial charge in [0.15, 0.2) is 0 Å². The molecule has 3 rings (SSSR count). The average molecular weight is 453 g/mol. The van der Waals surface area contributed by atoms with E-state index in [-0.39, 0.29) is 12.5 Å². The molecule has 1 unspecified atom stereocenters. The van der Waals surface area contributed by atoms with Gasteiger partial charge in [0.1, 0.15) is 15.0 Å². The predicted octanol–water partition coefficient (Wildman–Crippen LogP) is 3.36. The van der Waals surface area contributed by atoms with Gasteiger partial charge in [0.2, 0.25) is 10.0 Å². The van der Waals surface area contributed by atoms with Gasteiger partial charge in [-0.3, -0.25) is 4.79 Å². The van der Waals surface area contributed by atoms with Crippen molar-refractivity contribution in [1.29, 1.82) is 0 Å². The molecule has 26 heavy (non-hydrogen) atoms. The molecule has 2 N–H and O–H groups in total. The van der Waals surface area contributed by atoms with Crippen molar-refractivity contribution in [3.8, 4) is 0 Å². The molecule has 0 aliphatic carbocycles. The third-order valence-electron chi connectivity index (χ3n) is 3.68. The van der Waals surface area contributed by atoms with Crippen molar-refractivity contribution in [2.24, 2.45) is 0 Å². The van der Waals surface area contributed by atoms with Crippen LogP contribution in [0.3, 0.4) is 0 Å². The lowest BCUT2D eigenvalue weighted by Crippen LogP contribution is -2.38. The SMILES string of the molecule is CN(CC(NC(=O)c1cc2sc(Cl)c(Cl)c2[nH]1)c1nccs1)S(C)(=O)=O. The maximum Gasteiger partial charge on any atom is 0.268 e. The predicted molar refractivity (Wildman–Crippen MR) is 106 cm³/mol. The lowest BCUT2D eigenvalue weighted by Gasteiger charge is -2.22. The molecule has 3 aromatic heterocycles. The minimum absolute atomic E-state index is 0.0692. The number of nitrogens with zero attached hydrogens (tertiary/aromatic N) is 2. The van der Waals surface area contributed by atoms with E-state index in [4.69, 9.17) is 23.2 Å². The van der Waals surface area contributed by atoms with Crippen molar-refractivity contribution in [2.45, 2.75) is 6.04 Å². The molecule has 0 saturated heterocycles. The number of hydrogen-bond donors (Lipinski definition) is 2. The molecule has 0 aliphatic heterocycles. The molecule has 0 aromatic carbocycles. The van der Waals surface area contributed by atoms with Crippen molar-refractivity contribution in [1.82, 2.24) is 19.6 Å². The molecule has 3 aromatic rings. The van der Waals surface area contributed by atoms with Gasteiger partial charge in [-0.15, -0.1) is 22.7 Å². The lowest BCUT2D eigenvalue weighted by atomic mass is 10.3. The third-order valence-corrected chi connectivity index (χ3v) is 7.78. The number of thiophene rings is 1. The van der Waals surface area contributed by atoms with Crippen molar-refractivity contribution in [3.63, 3.8) is 0 Å². The van der Waals surface area contributed by atoms with E-state index in [1.807, 2.05) is 0 Å². The standard InChI is InChI=1S/C14H14Cl2N4O3S3/c1-20(26(2,22)23)6-8(14-17-3-4-24-14)19-13(21)7-5-9-11(18-7)10(15)12(16)25-9/h3-5,8,18H,6H2,1-2H3,(H,19,21). The second-order valence-electron chi connectivity index (χ2n) is 5.55. The summed E-state index contributed by atoms with van der Waals surface area (Å²) in [5, 5.41) is 5.58. The molecular formula is C14H14Cl2N4O3S3. The molecular weight excluding hydrogens is 439 g/mol. The van der Waals surface area contributed by atoms with E-state index in [2.05, 4.69) is 15.3 Å². The zero-order valence-corrected chi connectivity index (χ0v) is 17.6. The van der Waals surface area contributed by atoms with Crippen LogP contribution in [0.15, 0.2) is 17.6 Å². The Kier molecular flexibility index (Phi) is 5.61. The van der Waals surface area contributed by atoms with Crippen molar-refractivity contribution in [2.75, 3.05) is 19.8 Å². The van der Waals surface area contributed by atoms with Gasteiger partial charge in [-0.1, -0.05) is 23.2 Å². The Bertz CT molecular complexity index is 1040. The quantitative estimate of drug-likeness (QED) is 0.599. The number of aromatic amines is 1. The number of carbonyl (C=O) groups is 1. The third kappa shape index (κ3) is 4.05. The number of H-pyrrole nitrogens is 1. The Morgan fingerprint density at radius 1 is 1.46 bits per heavy atom. The number of thiazole rings is 1. The van der Waals surface area contributed by atoms with Gasteiger partial charge in [-0.05, 0) is 6.07 Å². The first kappa shape index (κ1) is 19.6. The van der Waals surface area contributed by atoms with Crippen LogP contribution in [0.1, 0.15) is 21.5 Å². The Morgan fingerprint density at radius 3 is 2.77 bits per heavy atom. The molecule has 0 saturated carbocycles. The van der Waals surface area contributed by atoms with Gasteiger partial charge in [0.05, 0.1) is 27.5 Å². The molecule has 1 atom stereocenters. The molecule has 0 aliphatic rings. The molecule has 1 amide bonds. The van der Waals surface area contributed by atoms with E-state index in [1.165, 1.54) is 34.0 Å². The molecule has 140 valence electrons. The van der Waals surface area contributed by atoms with Crippen LogP contribution >= 0.6 is 45.9 Å². The minimum Gasteiger partial charge on any atom is -0.349 e. The highest BCUT2D eigenvalue weighted by Gasteiger charge is 2.24. The Hall–Kier alpha value is -1.17. The maximum absolute atomic E-state index is 12.6. The summed E-state index contributed by atoms with van der Waals surface area (Å²) >= 11 is 14.7. The van der Waals surface area contributed by atoms with Crippen LogP contribution in [0.2, 0.25) is 9.36 Å². The highest BCUT2D eigenvalue weighted by molar-refractivity contribution is 7.88. The van der Waals surface area contributed by atoms with E-state index < -0.39 is 16.1 Å². The summed E-state index contributed by atoms with van der Waals surface area (Å²) < 4.78 is 25.8. The van der Waals surface area contributed by atoms with E-state index in [1.54, 1.807) is 17.6 Å². The van der Waals surface area contributed by atoms with Crippen LogP contribution in [-0.2, 0) is 10.0 Å². The van der Waals surface area contributed by atoms with Crippen LogP contribution in [0.5, 0.6) is 0 Å². The molecule has 7 nitrogen and oxygen atoms in total.